The first-order valence-corrected chi connectivity index (χ1v) is 5.30. The number of carboxylic acid groups (broad SMARTS) is 1. The lowest BCUT2D eigenvalue weighted by molar-refractivity contribution is 0.0697. The summed E-state index contributed by atoms with van der Waals surface area (Å²) in [4.78, 5) is 15.6. The summed E-state index contributed by atoms with van der Waals surface area (Å²) in [6, 6.07) is 1.64. The normalized spacial score (nSPS) is 10.2. The van der Waals surface area contributed by atoms with Gasteiger partial charge >= 0.3 is 5.97 Å². The zero-order valence-corrected chi connectivity index (χ0v) is 8.06. The highest BCUT2D eigenvalue weighted by Crippen LogP contribution is 2.26. The van der Waals surface area contributed by atoms with Crippen molar-refractivity contribution in [2.75, 3.05) is 0 Å². The Balaban J connectivity index is 2.39. The summed E-state index contributed by atoms with van der Waals surface area (Å²) in [5.74, 6) is -0.891. The van der Waals surface area contributed by atoms with Gasteiger partial charge in [-0.2, -0.15) is 0 Å². The van der Waals surface area contributed by atoms with Gasteiger partial charge in [-0.1, -0.05) is 0 Å². The number of hydrogen-bond donors (Lipinski definition) is 1. The number of aromatic nitrogens is 1. The van der Waals surface area contributed by atoms with Gasteiger partial charge in [-0.25, -0.2) is 9.78 Å². The second-order valence-corrected chi connectivity index (χ2v) is 4.01. The largest absolute Gasteiger partial charge is 0.478 e. The lowest BCUT2D eigenvalue weighted by Gasteiger charge is -1.85. The standard InChI is InChI=1S/C8H5NO2S2/c10-8(11)5-1-7(13-2-5)6-3-12-4-9-6/h1-4H,(H,10,11). The van der Waals surface area contributed by atoms with Crippen LogP contribution in [0.2, 0.25) is 0 Å². The summed E-state index contributed by atoms with van der Waals surface area (Å²) in [7, 11) is 0. The average Bonchev–Trinajstić information content (AvgIpc) is 2.75. The van der Waals surface area contributed by atoms with Gasteiger partial charge in [0.25, 0.3) is 0 Å². The molecule has 0 aliphatic heterocycles. The molecule has 0 spiro atoms. The Bertz CT molecular complexity index is 419. The van der Waals surface area contributed by atoms with E-state index in [1.54, 1.807) is 17.0 Å². The maximum atomic E-state index is 10.6. The van der Waals surface area contributed by atoms with Crippen LogP contribution in [-0.2, 0) is 0 Å². The van der Waals surface area contributed by atoms with Crippen LogP contribution in [0.3, 0.4) is 0 Å². The van der Waals surface area contributed by atoms with E-state index in [9.17, 15) is 4.79 Å². The highest BCUT2D eigenvalue weighted by Gasteiger charge is 2.08. The van der Waals surface area contributed by atoms with Crippen molar-refractivity contribution in [1.29, 1.82) is 0 Å². The third kappa shape index (κ3) is 1.61. The molecule has 2 aromatic rings. The molecule has 0 saturated heterocycles. The van der Waals surface area contributed by atoms with Crippen LogP contribution in [0.5, 0.6) is 0 Å². The second kappa shape index (κ2) is 3.27. The van der Waals surface area contributed by atoms with Gasteiger partial charge in [-0.05, 0) is 6.07 Å². The number of rotatable bonds is 2. The van der Waals surface area contributed by atoms with Crippen LogP contribution in [0.4, 0.5) is 0 Å². The van der Waals surface area contributed by atoms with Crippen LogP contribution < -0.4 is 0 Å². The van der Waals surface area contributed by atoms with E-state index in [0.29, 0.717) is 5.56 Å². The van der Waals surface area contributed by atoms with Gasteiger partial charge in [0, 0.05) is 10.8 Å². The topological polar surface area (TPSA) is 50.2 Å². The lowest BCUT2D eigenvalue weighted by atomic mass is 10.3. The maximum Gasteiger partial charge on any atom is 0.336 e. The zero-order chi connectivity index (χ0) is 9.26. The van der Waals surface area contributed by atoms with E-state index in [4.69, 9.17) is 5.11 Å². The molecule has 2 rings (SSSR count). The van der Waals surface area contributed by atoms with Gasteiger partial charge in [0.15, 0.2) is 0 Å². The Morgan fingerprint density at radius 2 is 2.31 bits per heavy atom. The van der Waals surface area contributed by atoms with Gasteiger partial charge in [-0.3, -0.25) is 0 Å². The number of thiazole rings is 1. The maximum absolute atomic E-state index is 10.6. The molecule has 0 aromatic carbocycles. The Labute approximate surface area is 82.3 Å². The number of hydrogen-bond acceptors (Lipinski definition) is 4. The van der Waals surface area contributed by atoms with Crippen molar-refractivity contribution in [3.63, 3.8) is 0 Å². The minimum Gasteiger partial charge on any atom is -0.478 e. The van der Waals surface area contributed by atoms with Crippen LogP contribution >= 0.6 is 22.7 Å². The van der Waals surface area contributed by atoms with Crippen LogP contribution in [-0.4, -0.2) is 16.1 Å². The quantitative estimate of drug-likeness (QED) is 0.830. The number of aromatic carboxylic acids is 1. The van der Waals surface area contributed by atoms with Crippen LogP contribution in [0, 0.1) is 0 Å². The van der Waals surface area contributed by atoms with E-state index in [-0.39, 0.29) is 0 Å². The first-order chi connectivity index (χ1) is 6.27. The molecule has 0 amide bonds. The highest BCUT2D eigenvalue weighted by molar-refractivity contribution is 7.14. The summed E-state index contributed by atoms with van der Waals surface area (Å²) < 4.78 is 0. The van der Waals surface area contributed by atoms with Crippen LogP contribution in [0.15, 0.2) is 22.3 Å². The molecule has 0 bridgehead atoms. The molecule has 0 radical (unpaired) electrons. The molecule has 3 nitrogen and oxygen atoms in total. The smallest absolute Gasteiger partial charge is 0.336 e. The second-order valence-electron chi connectivity index (χ2n) is 2.38. The number of thiophene rings is 1. The van der Waals surface area contributed by atoms with Crippen molar-refractivity contribution in [3.05, 3.63) is 27.9 Å². The molecule has 0 fully saturated rings. The molecule has 0 saturated carbocycles. The van der Waals surface area contributed by atoms with E-state index < -0.39 is 5.97 Å². The predicted molar refractivity (Wildman–Crippen MR) is 52.4 cm³/mol. The molecule has 0 aliphatic rings. The Kier molecular flexibility index (Phi) is 2.12. The van der Waals surface area contributed by atoms with Gasteiger partial charge in [0.2, 0.25) is 0 Å². The minimum absolute atomic E-state index is 0.327. The third-order valence-electron chi connectivity index (χ3n) is 1.53. The SMILES string of the molecule is O=C(O)c1csc(-c2cscn2)c1. The summed E-state index contributed by atoms with van der Waals surface area (Å²) in [5, 5.41) is 12.2. The molecule has 0 unspecified atom stereocenters. The van der Waals surface area contributed by atoms with E-state index in [1.165, 1.54) is 22.7 Å². The van der Waals surface area contributed by atoms with Gasteiger partial charge in [0.05, 0.1) is 21.6 Å². The Hall–Kier alpha value is -1.20. The molecule has 2 aromatic heterocycles. The molecule has 2 heterocycles. The molecular formula is C8H5NO2S2. The molecule has 0 aliphatic carbocycles. The Morgan fingerprint density at radius 1 is 1.46 bits per heavy atom. The summed E-state index contributed by atoms with van der Waals surface area (Å²) in [6.45, 7) is 0. The summed E-state index contributed by atoms with van der Waals surface area (Å²) in [6.07, 6.45) is 0. The van der Waals surface area contributed by atoms with Crippen molar-refractivity contribution in [2.45, 2.75) is 0 Å². The average molecular weight is 211 g/mol. The highest BCUT2D eigenvalue weighted by atomic mass is 32.1. The van der Waals surface area contributed by atoms with E-state index in [1.807, 2.05) is 5.38 Å². The lowest BCUT2D eigenvalue weighted by Crippen LogP contribution is -1.91. The fourth-order valence-corrected chi connectivity index (χ4v) is 2.39. The van der Waals surface area contributed by atoms with Gasteiger partial charge in [-0.15, -0.1) is 22.7 Å². The fourth-order valence-electron chi connectivity index (χ4n) is 0.917. The van der Waals surface area contributed by atoms with Gasteiger partial charge in [0.1, 0.15) is 0 Å². The van der Waals surface area contributed by atoms with E-state index in [0.717, 1.165) is 10.6 Å². The summed E-state index contributed by atoms with van der Waals surface area (Å²) in [5.41, 5.74) is 2.91. The molecule has 0 atom stereocenters. The van der Waals surface area contributed by atoms with Crippen molar-refractivity contribution in [2.24, 2.45) is 0 Å². The molecule has 66 valence electrons. The van der Waals surface area contributed by atoms with Crippen LogP contribution in [0.1, 0.15) is 10.4 Å². The van der Waals surface area contributed by atoms with E-state index in [2.05, 4.69) is 4.98 Å². The molecule has 13 heavy (non-hydrogen) atoms. The van der Waals surface area contributed by atoms with Crippen LogP contribution in [0.25, 0.3) is 10.6 Å². The zero-order valence-electron chi connectivity index (χ0n) is 6.43. The van der Waals surface area contributed by atoms with Gasteiger partial charge < -0.3 is 5.11 Å². The first-order valence-electron chi connectivity index (χ1n) is 3.48. The van der Waals surface area contributed by atoms with E-state index >= 15 is 0 Å². The minimum atomic E-state index is -0.891. The van der Waals surface area contributed by atoms with Crippen molar-refractivity contribution >= 4 is 28.6 Å². The fraction of sp³-hybridized carbons (Fsp3) is 0. The number of nitrogens with zero attached hydrogens (tertiary/aromatic N) is 1. The predicted octanol–water partition coefficient (Wildman–Crippen LogP) is 2.57. The molecule has 1 N–H and O–H groups in total. The molecular weight excluding hydrogens is 206 g/mol. The third-order valence-corrected chi connectivity index (χ3v) is 3.07. The first kappa shape index (κ1) is 8.40. The Morgan fingerprint density at radius 3 is 2.85 bits per heavy atom. The van der Waals surface area contributed by atoms with Crippen molar-refractivity contribution in [1.82, 2.24) is 4.98 Å². The monoisotopic (exact) mass is 211 g/mol. The van der Waals surface area contributed by atoms with Crippen molar-refractivity contribution < 1.29 is 9.90 Å². The number of carbonyl (C=O) groups is 1. The summed E-state index contributed by atoms with van der Waals surface area (Å²) >= 11 is 2.90. The van der Waals surface area contributed by atoms with Crippen molar-refractivity contribution in [3.8, 4) is 10.6 Å². The number of carboxylic acids is 1. The molecule has 5 heteroatoms.